The Morgan fingerprint density at radius 3 is 2.17 bits per heavy atom. The van der Waals surface area contributed by atoms with Crippen molar-refractivity contribution in [2.75, 3.05) is 0 Å². The Bertz CT molecular complexity index is 1460. The van der Waals surface area contributed by atoms with Crippen LogP contribution >= 0.6 is 31.4 Å². The molecule has 0 amide bonds. The minimum absolute atomic E-state index is 0.0609. The highest BCUT2D eigenvalue weighted by atomic mass is 127. The number of hydrogen-bond acceptors (Lipinski definition) is 5. The fourth-order valence-electron chi connectivity index (χ4n) is 4.37. The van der Waals surface area contributed by atoms with Crippen molar-refractivity contribution in [2.24, 2.45) is 5.92 Å². The smallest absolute Gasteiger partial charge is 0.341 e. The topological polar surface area (TPSA) is 106 Å². The molecule has 1 heterocycles. The number of carbonyl (C=O) groups is 2. The van der Waals surface area contributed by atoms with Gasteiger partial charge in [0.2, 0.25) is 0 Å². The van der Waals surface area contributed by atoms with Crippen LogP contribution in [0.2, 0.25) is 5.02 Å². The zero-order chi connectivity index (χ0) is 25.7. The maximum Gasteiger partial charge on any atom is 0.341 e. The molecule has 4 aromatic rings. The summed E-state index contributed by atoms with van der Waals surface area (Å²) in [6.45, 7) is 0. The van der Waals surface area contributed by atoms with Crippen molar-refractivity contribution in [3.05, 3.63) is 92.6 Å². The van der Waals surface area contributed by atoms with Crippen LogP contribution in [0.1, 0.15) is 53.0 Å². The minimum atomic E-state index is -3.67. The summed E-state index contributed by atoms with van der Waals surface area (Å²) in [4.78, 5) is 23.7. The maximum absolute atomic E-state index is 13.2. The first-order valence-electron chi connectivity index (χ1n) is 11.5. The zero-order valence-electron chi connectivity index (χ0n) is 19.3. The number of carboxylic acid groups (broad SMARTS) is 1. The largest absolute Gasteiger partial charge is 0.478 e. The maximum atomic E-state index is 13.2. The van der Waals surface area contributed by atoms with E-state index < -0.39 is 25.8 Å². The third-order valence-corrected chi connectivity index (χ3v) is 8.27. The van der Waals surface area contributed by atoms with E-state index >= 15 is 0 Å². The first-order valence-corrected chi connectivity index (χ1v) is 14.7. The number of hydrogen-bond donors (Lipinski definition) is 1. The molecule has 0 bridgehead atoms. The van der Waals surface area contributed by atoms with E-state index in [1.165, 1.54) is 30.7 Å². The number of carbonyl (C=O) groups excluding carboxylic acids is 1. The summed E-state index contributed by atoms with van der Waals surface area (Å²) in [7, 11) is 0. The molecule has 1 aliphatic carbocycles. The Morgan fingerprint density at radius 1 is 0.889 bits per heavy atom. The van der Waals surface area contributed by atoms with Crippen LogP contribution in [-0.2, 0) is 6.14 Å². The monoisotopic (exact) mass is 618 g/mol. The third kappa shape index (κ3) is 5.82. The lowest BCUT2D eigenvalue weighted by atomic mass is 9.84. The van der Waals surface area contributed by atoms with Crippen LogP contribution < -0.4 is 0 Å². The molecule has 1 aromatic heterocycles. The molecular formula is C27H24ClIN2O5. The Hall–Kier alpha value is -3.11. The molecule has 1 saturated carbocycles. The molecule has 7 nitrogen and oxygen atoms in total. The van der Waals surface area contributed by atoms with E-state index in [0.29, 0.717) is 10.7 Å². The van der Waals surface area contributed by atoms with Gasteiger partial charge in [-0.2, -0.15) is 5.10 Å². The number of halogens is 2. The van der Waals surface area contributed by atoms with Crippen LogP contribution in [0.25, 0.3) is 16.6 Å². The lowest BCUT2D eigenvalue weighted by molar-refractivity contribution is 0.0695. The number of Topliss-reactive ketones (excluding diaryl/α,β-unsaturated/α-hetero) is 1. The van der Waals surface area contributed by atoms with E-state index in [1.807, 2.05) is 48.5 Å². The van der Waals surface area contributed by atoms with Gasteiger partial charge in [0.05, 0.1) is 20.3 Å². The summed E-state index contributed by atoms with van der Waals surface area (Å²) in [5, 5.41) is 14.9. The van der Waals surface area contributed by atoms with E-state index in [2.05, 4.69) is 5.10 Å². The summed E-state index contributed by atoms with van der Waals surface area (Å²) < 4.78 is 22.9. The van der Waals surface area contributed by atoms with Crippen LogP contribution in [0.15, 0.2) is 72.8 Å². The summed E-state index contributed by atoms with van der Waals surface area (Å²) in [5.74, 6) is -0.872. The van der Waals surface area contributed by atoms with Crippen molar-refractivity contribution < 1.29 is 20.8 Å². The molecule has 0 aliphatic heterocycles. The van der Waals surface area contributed by atoms with Crippen LogP contribution in [-0.4, -0.2) is 26.6 Å². The van der Waals surface area contributed by atoms with E-state index in [4.69, 9.17) is 16.7 Å². The zero-order valence-corrected chi connectivity index (χ0v) is 22.2. The van der Waals surface area contributed by atoms with Gasteiger partial charge in [-0.3, -0.25) is 4.79 Å². The fraction of sp³-hybridized carbons (Fsp3) is 0.222. The summed E-state index contributed by atoms with van der Waals surface area (Å²) in [6, 6.07) is 20.9. The van der Waals surface area contributed by atoms with Crippen LogP contribution in [0, 0.1) is 9.49 Å². The van der Waals surface area contributed by atoms with Crippen LogP contribution in [0.4, 0.5) is 0 Å². The van der Waals surface area contributed by atoms with Gasteiger partial charge in [0, 0.05) is 16.3 Å². The first kappa shape index (κ1) is 26.0. The van der Waals surface area contributed by atoms with Gasteiger partial charge in [0.25, 0.3) is 0 Å². The first-order chi connectivity index (χ1) is 17.4. The minimum Gasteiger partial charge on any atom is -0.478 e. The van der Waals surface area contributed by atoms with Gasteiger partial charge in [-0.25, -0.2) is 15.6 Å². The highest BCUT2D eigenvalue weighted by Crippen LogP contribution is 2.31. The Labute approximate surface area is 220 Å². The molecule has 9 heteroatoms. The second-order valence-electron chi connectivity index (χ2n) is 8.46. The standard InChI is InChI=1S/C20H19ClN2O.C7H5IO4/c21-15-10-12-16(13-11-15)23-19(17-8-4-5-9-18(17)22-23)20(24)14-6-2-1-3-7-14;9-7(10)5-3-1-2-4-6(5)8(11)12/h4-5,8-14H,1-3,6-7H2;1-4H,(H,9,10). The van der Waals surface area contributed by atoms with Crippen LogP contribution in [0.3, 0.4) is 0 Å². The number of aromatic nitrogens is 2. The number of ketones is 1. The number of rotatable bonds is 5. The van der Waals surface area contributed by atoms with Crippen molar-refractivity contribution in [1.29, 1.82) is 0 Å². The molecule has 186 valence electrons. The molecule has 0 unspecified atom stereocenters. The van der Waals surface area contributed by atoms with Crippen molar-refractivity contribution in [3.63, 3.8) is 0 Å². The summed E-state index contributed by atoms with van der Waals surface area (Å²) >= 11 is 2.34. The Morgan fingerprint density at radius 2 is 1.53 bits per heavy atom. The number of nitrogens with zero attached hydrogens (tertiary/aromatic N) is 2. The molecule has 1 N–H and O–H groups in total. The van der Waals surface area contributed by atoms with E-state index in [-0.39, 0.29) is 20.8 Å². The number of benzene rings is 3. The van der Waals surface area contributed by atoms with Crippen molar-refractivity contribution in [1.82, 2.24) is 9.78 Å². The molecule has 0 atom stereocenters. The average Bonchev–Trinajstić information content (AvgIpc) is 3.29. The molecule has 3 aromatic carbocycles. The molecule has 1 fully saturated rings. The Kier molecular flexibility index (Phi) is 8.48. The molecule has 5 rings (SSSR count). The molecule has 36 heavy (non-hydrogen) atoms. The van der Waals surface area contributed by atoms with E-state index in [0.717, 1.165) is 42.3 Å². The lowest BCUT2D eigenvalue weighted by Crippen LogP contribution is -2.21. The molecule has 0 spiro atoms. The summed E-state index contributed by atoms with van der Waals surface area (Å²) in [6.07, 6.45) is 5.49. The number of fused-ring (bicyclic) bond motifs is 1. The van der Waals surface area contributed by atoms with Gasteiger partial charge in [0.1, 0.15) is 5.69 Å². The van der Waals surface area contributed by atoms with Gasteiger partial charge in [-0.05, 0) is 55.3 Å². The number of carboxylic acids is 1. The van der Waals surface area contributed by atoms with Gasteiger partial charge < -0.3 is 5.11 Å². The van der Waals surface area contributed by atoms with Gasteiger partial charge >= 0.3 is 25.8 Å². The molecule has 0 radical (unpaired) electrons. The third-order valence-electron chi connectivity index (χ3n) is 6.13. The highest BCUT2D eigenvalue weighted by Gasteiger charge is 2.28. The predicted molar refractivity (Wildman–Crippen MR) is 144 cm³/mol. The van der Waals surface area contributed by atoms with Gasteiger partial charge in [0.15, 0.2) is 5.78 Å². The predicted octanol–water partition coefficient (Wildman–Crippen LogP) is 7.19. The van der Waals surface area contributed by atoms with Crippen molar-refractivity contribution >= 4 is 54.0 Å². The van der Waals surface area contributed by atoms with Gasteiger partial charge in [-0.1, -0.05) is 61.2 Å². The second kappa shape index (κ2) is 11.7. The van der Waals surface area contributed by atoms with Crippen LogP contribution in [0.5, 0.6) is 0 Å². The second-order valence-corrected chi connectivity index (χ2v) is 11.3. The highest BCUT2D eigenvalue weighted by molar-refractivity contribution is 14.2. The molecule has 1 aliphatic rings. The lowest BCUT2D eigenvalue weighted by Gasteiger charge is -2.20. The average molecular weight is 619 g/mol. The molecule has 0 saturated heterocycles. The Balaban J connectivity index is 0.000000214. The molecular weight excluding hydrogens is 595 g/mol. The summed E-state index contributed by atoms with van der Waals surface area (Å²) in [5.41, 5.74) is 2.29. The van der Waals surface area contributed by atoms with E-state index in [9.17, 15) is 15.7 Å². The SMILES string of the molecule is O=C(O)c1ccccc1I(=O)=O.O=C(c1c2ccccc2nn1-c1ccc(Cl)cc1)C1CCCCC1. The normalized spacial score (nSPS) is 13.8. The quantitative estimate of drug-likeness (QED) is 0.187. The fourth-order valence-corrected chi connectivity index (χ4v) is 5.88. The number of aromatic carboxylic acids is 1. The van der Waals surface area contributed by atoms with Crippen molar-refractivity contribution in [3.8, 4) is 5.69 Å². The van der Waals surface area contributed by atoms with E-state index in [1.54, 1.807) is 4.68 Å². The van der Waals surface area contributed by atoms with Crippen molar-refractivity contribution in [2.45, 2.75) is 32.1 Å². The van der Waals surface area contributed by atoms with Gasteiger partial charge in [-0.15, -0.1) is 0 Å².